The van der Waals surface area contributed by atoms with Crippen LogP contribution in [0.1, 0.15) is 11.1 Å². The van der Waals surface area contributed by atoms with Crippen LogP contribution in [-0.4, -0.2) is 47.7 Å². The smallest absolute Gasteiger partial charge is 0.231 e. The molecule has 2 aromatic rings. The van der Waals surface area contributed by atoms with Crippen LogP contribution in [0.25, 0.3) is 0 Å². The molecule has 8 heteroatoms. The molecule has 1 aliphatic rings. The van der Waals surface area contributed by atoms with E-state index in [1.54, 1.807) is 28.4 Å². The summed E-state index contributed by atoms with van der Waals surface area (Å²) < 4.78 is 26.9. The van der Waals surface area contributed by atoms with E-state index < -0.39 is 0 Å². The summed E-state index contributed by atoms with van der Waals surface area (Å²) in [6, 6.07) is 9.81. The zero-order valence-corrected chi connectivity index (χ0v) is 17.2. The Morgan fingerprint density at radius 1 is 0.931 bits per heavy atom. The van der Waals surface area contributed by atoms with Crippen molar-refractivity contribution in [3.05, 3.63) is 41.5 Å². The van der Waals surface area contributed by atoms with Gasteiger partial charge in [-0.1, -0.05) is 6.07 Å². The first-order valence-corrected chi connectivity index (χ1v) is 9.30. The molecular weight excluding hydrogens is 374 g/mol. The largest absolute Gasteiger partial charge is 0.493 e. The molecule has 3 rings (SSSR count). The lowest BCUT2D eigenvalue weighted by molar-refractivity contribution is 0.174. The minimum absolute atomic E-state index is 0.286. The summed E-state index contributed by atoms with van der Waals surface area (Å²) in [5.41, 5.74) is 2.15. The number of ether oxygens (including phenoxy) is 5. The fraction of sp³-hybridized carbons (Fsp3) is 0.381. The van der Waals surface area contributed by atoms with Crippen LogP contribution in [-0.2, 0) is 13.0 Å². The van der Waals surface area contributed by atoms with Gasteiger partial charge in [-0.15, -0.1) is 0 Å². The Morgan fingerprint density at radius 3 is 2.31 bits per heavy atom. The second-order valence-electron chi connectivity index (χ2n) is 6.32. The van der Waals surface area contributed by atoms with Gasteiger partial charge in [-0.3, -0.25) is 4.99 Å². The lowest BCUT2D eigenvalue weighted by Crippen LogP contribution is -2.37. The van der Waals surface area contributed by atoms with Gasteiger partial charge in [0.05, 0.1) is 21.3 Å². The highest BCUT2D eigenvalue weighted by molar-refractivity contribution is 5.79. The van der Waals surface area contributed by atoms with Gasteiger partial charge in [-0.05, 0) is 41.8 Å². The molecule has 2 N–H and O–H groups in total. The zero-order chi connectivity index (χ0) is 20.6. The monoisotopic (exact) mass is 401 g/mol. The minimum Gasteiger partial charge on any atom is -0.493 e. The molecule has 0 aromatic heterocycles. The van der Waals surface area contributed by atoms with E-state index in [1.807, 2.05) is 30.3 Å². The maximum Gasteiger partial charge on any atom is 0.231 e. The molecule has 8 nitrogen and oxygen atoms in total. The van der Waals surface area contributed by atoms with Crippen LogP contribution in [0.3, 0.4) is 0 Å². The molecule has 29 heavy (non-hydrogen) atoms. The third-order valence-corrected chi connectivity index (χ3v) is 4.55. The van der Waals surface area contributed by atoms with E-state index in [0.29, 0.717) is 29.8 Å². The Bertz CT molecular complexity index is 844. The first-order chi connectivity index (χ1) is 14.2. The normalized spacial score (nSPS) is 12.5. The fourth-order valence-electron chi connectivity index (χ4n) is 3.07. The van der Waals surface area contributed by atoms with Crippen molar-refractivity contribution < 1.29 is 23.7 Å². The van der Waals surface area contributed by atoms with Crippen molar-refractivity contribution in [3.63, 3.8) is 0 Å². The maximum atomic E-state index is 5.42. The van der Waals surface area contributed by atoms with Gasteiger partial charge >= 0.3 is 0 Å². The molecule has 0 aliphatic carbocycles. The van der Waals surface area contributed by atoms with Gasteiger partial charge in [0.1, 0.15) is 0 Å². The summed E-state index contributed by atoms with van der Waals surface area (Å²) in [5.74, 6) is 4.12. The van der Waals surface area contributed by atoms with Crippen LogP contribution < -0.4 is 34.3 Å². The van der Waals surface area contributed by atoms with Gasteiger partial charge in [0, 0.05) is 20.1 Å². The molecular formula is C21H27N3O5. The average molecular weight is 401 g/mol. The van der Waals surface area contributed by atoms with Crippen LogP contribution in [0.4, 0.5) is 0 Å². The Labute approximate surface area is 170 Å². The number of nitrogens with zero attached hydrogens (tertiary/aromatic N) is 1. The number of guanidine groups is 1. The van der Waals surface area contributed by atoms with Gasteiger partial charge in [0.2, 0.25) is 12.5 Å². The van der Waals surface area contributed by atoms with Crippen molar-refractivity contribution in [2.45, 2.75) is 13.0 Å². The Morgan fingerprint density at radius 2 is 1.66 bits per heavy atom. The SMILES string of the molecule is CN=C(NCCc1ccc2c(c1)OCO2)NCc1cc(OC)c(OC)c(OC)c1. The Kier molecular flexibility index (Phi) is 6.89. The quantitative estimate of drug-likeness (QED) is 0.519. The first kappa shape index (κ1) is 20.4. The molecule has 1 aliphatic heterocycles. The Balaban J connectivity index is 1.54. The third kappa shape index (κ3) is 4.96. The van der Waals surface area contributed by atoms with Gasteiger partial charge in [0.15, 0.2) is 29.0 Å². The summed E-state index contributed by atoms with van der Waals surface area (Å²) in [5, 5.41) is 6.61. The minimum atomic E-state index is 0.286. The van der Waals surface area contributed by atoms with Crippen LogP contribution >= 0.6 is 0 Å². The lowest BCUT2D eigenvalue weighted by atomic mass is 10.1. The van der Waals surface area contributed by atoms with E-state index in [2.05, 4.69) is 15.6 Å². The molecule has 0 saturated heterocycles. The standard InChI is InChI=1S/C21H27N3O5/c1-22-21(23-8-7-14-5-6-16-17(9-14)29-13-28-16)24-12-15-10-18(25-2)20(27-4)19(11-15)26-3/h5-6,9-11H,7-8,12-13H2,1-4H3,(H2,22,23,24). The van der Waals surface area contributed by atoms with Crippen LogP contribution in [0, 0.1) is 0 Å². The van der Waals surface area contributed by atoms with Crippen LogP contribution in [0.5, 0.6) is 28.7 Å². The number of benzene rings is 2. The van der Waals surface area contributed by atoms with Crippen molar-refractivity contribution in [1.82, 2.24) is 10.6 Å². The van der Waals surface area contributed by atoms with Crippen molar-refractivity contribution in [3.8, 4) is 28.7 Å². The van der Waals surface area contributed by atoms with Gasteiger partial charge in [-0.25, -0.2) is 0 Å². The van der Waals surface area contributed by atoms with Crippen molar-refractivity contribution in [2.24, 2.45) is 4.99 Å². The number of methoxy groups -OCH3 is 3. The molecule has 1 heterocycles. The highest BCUT2D eigenvalue weighted by Crippen LogP contribution is 2.38. The van der Waals surface area contributed by atoms with E-state index in [-0.39, 0.29) is 6.79 Å². The second-order valence-corrected chi connectivity index (χ2v) is 6.32. The summed E-state index contributed by atoms with van der Waals surface area (Å²) in [7, 11) is 6.53. The number of hydrogen-bond donors (Lipinski definition) is 2. The van der Waals surface area contributed by atoms with E-state index in [4.69, 9.17) is 23.7 Å². The maximum absolute atomic E-state index is 5.42. The molecule has 0 radical (unpaired) electrons. The fourth-order valence-corrected chi connectivity index (χ4v) is 3.07. The Hall–Kier alpha value is -3.29. The summed E-state index contributed by atoms with van der Waals surface area (Å²) in [4.78, 5) is 4.27. The summed E-state index contributed by atoms with van der Waals surface area (Å²) >= 11 is 0. The average Bonchev–Trinajstić information content (AvgIpc) is 3.23. The van der Waals surface area contributed by atoms with Crippen LogP contribution in [0.15, 0.2) is 35.3 Å². The molecule has 156 valence electrons. The molecule has 0 atom stereocenters. The molecule has 0 saturated carbocycles. The van der Waals surface area contributed by atoms with Gasteiger partial charge in [-0.2, -0.15) is 0 Å². The van der Waals surface area contributed by atoms with Gasteiger partial charge in [0.25, 0.3) is 0 Å². The van der Waals surface area contributed by atoms with Crippen molar-refractivity contribution >= 4 is 5.96 Å². The molecule has 0 spiro atoms. The zero-order valence-electron chi connectivity index (χ0n) is 17.2. The van der Waals surface area contributed by atoms with Crippen LogP contribution in [0.2, 0.25) is 0 Å². The van der Waals surface area contributed by atoms with E-state index in [0.717, 1.165) is 30.0 Å². The summed E-state index contributed by atoms with van der Waals surface area (Å²) in [6.45, 7) is 1.57. The summed E-state index contributed by atoms with van der Waals surface area (Å²) in [6.07, 6.45) is 0.835. The topological polar surface area (TPSA) is 82.6 Å². The lowest BCUT2D eigenvalue weighted by Gasteiger charge is -2.16. The number of aliphatic imine (C=N–C) groups is 1. The van der Waals surface area contributed by atoms with E-state index >= 15 is 0 Å². The number of nitrogens with one attached hydrogen (secondary N) is 2. The highest BCUT2D eigenvalue weighted by atomic mass is 16.7. The van der Waals surface area contributed by atoms with Crippen molar-refractivity contribution in [2.75, 3.05) is 41.7 Å². The molecule has 0 unspecified atom stereocenters. The molecule has 0 amide bonds. The third-order valence-electron chi connectivity index (χ3n) is 4.55. The van der Waals surface area contributed by atoms with E-state index in [1.165, 1.54) is 5.56 Å². The predicted octanol–water partition coefficient (Wildman–Crippen LogP) is 2.35. The highest BCUT2D eigenvalue weighted by Gasteiger charge is 2.14. The van der Waals surface area contributed by atoms with E-state index in [9.17, 15) is 0 Å². The second kappa shape index (κ2) is 9.77. The molecule has 0 bridgehead atoms. The number of rotatable bonds is 8. The van der Waals surface area contributed by atoms with Gasteiger partial charge < -0.3 is 34.3 Å². The molecule has 0 fully saturated rings. The molecule has 2 aromatic carbocycles. The first-order valence-electron chi connectivity index (χ1n) is 9.30. The number of fused-ring (bicyclic) bond motifs is 1. The van der Waals surface area contributed by atoms with Crippen molar-refractivity contribution in [1.29, 1.82) is 0 Å². The number of hydrogen-bond acceptors (Lipinski definition) is 6. The predicted molar refractivity (Wildman–Crippen MR) is 111 cm³/mol.